The highest BCUT2D eigenvalue weighted by molar-refractivity contribution is 5.76. The van der Waals surface area contributed by atoms with Gasteiger partial charge in [-0.1, -0.05) is 0 Å². The Hall–Kier alpha value is -2.17. The van der Waals surface area contributed by atoms with E-state index in [0.29, 0.717) is 0 Å². The number of aromatic nitrogens is 3. The molecular formula is C12H12N4O. The lowest BCUT2D eigenvalue weighted by molar-refractivity contribution is 0.799. The second-order valence-corrected chi connectivity index (χ2v) is 4.02. The molecule has 0 radical (unpaired) electrons. The van der Waals surface area contributed by atoms with Gasteiger partial charge in [-0.3, -0.25) is 9.78 Å². The van der Waals surface area contributed by atoms with E-state index in [0.717, 1.165) is 41.9 Å². The minimum absolute atomic E-state index is 0.0926. The molecule has 0 spiro atoms. The van der Waals surface area contributed by atoms with E-state index in [1.54, 1.807) is 12.4 Å². The molecule has 86 valence electrons. The number of nitrogens with zero attached hydrogens (tertiary/aromatic N) is 2. The first-order chi connectivity index (χ1) is 8.36. The fourth-order valence-electron chi connectivity index (χ4n) is 2.11. The van der Waals surface area contributed by atoms with Gasteiger partial charge in [0.15, 0.2) is 0 Å². The number of nitrogens with one attached hydrogen (secondary N) is 2. The fraction of sp³-hybridized carbons (Fsp3) is 0.250. The Balaban J connectivity index is 2.22. The first-order valence-corrected chi connectivity index (χ1v) is 5.62. The van der Waals surface area contributed by atoms with Crippen molar-refractivity contribution in [2.75, 3.05) is 11.9 Å². The van der Waals surface area contributed by atoms with E-state index in [4.69, 9.17) is 0 Å². The summed E-state index contributed by atoms with van der Waals surface area (Å²) in [5.74, 6) is 0. The Morgan fingerprint density at radius 1 is 1.24 bits per heavy atom. The normalized spacial score (nSPS) is 13.9. The molecule has 0 aromatic carbocycles. The molecule has 1 aliphatic heterocycles. The summed E-state index contributed by atoms with van der Waals surface area (Å²) >= 11 is 0. The number of pyridine rings is 1. The van der Waals surface area contributed by atoms with Crippen LogP contribution >= 0.6 is 0 Å². The van der Waals surface area contributed by atoms with E-state index in [9.17, 15) is 4.79 Å². The molecule has 3 rings (SSSR count). The quantitative estimate of drug-likeness (QED) is 0.769. The SMILES string of the molecule is O=c1[nH]nc(-c2ccncc2)c2c1CCCN2. The van der Waals surface area contributed by atoms with Crippen LogP contribution in [0, 0.1) is 0 Å². The van der Waals surface area contributed by atoms with Gasteiger partial charge in [0.05, 0.1) is 5.69 Å². The van der Waals surface area contributed by atoms with Crippen molar-refractivity contribution in [1.82, 2.24) is 15.2 Å². The summed E-state index contributed by atoms with van der Waals surface area (Å²) < 4.78 is 0. The predicted molar refractivity (Wildman–Crippen MR) is 64.9 cm³/mol. The van der Waals surface area contributed by atoms with Crippen molar-refractivity contribution in [3.05, 3.63) is 40.4 Å². The molecule has 0 saturated heterocycles. The van der Waals surface area contributed by atoms with Crippen LogP contribution in [0.1, 0.15) is 12.0 Å². The first-order valence-electron chi connectivity index (χ1n) is 5.62. The minimum atomic E-state index is -0.0926. The molecule has 5 nitrogen and oxygen atoms in total. The van der Waals surface area contributed by atoms with Gasteiger partial charge in [0.2, 0.25) is 0 Å². The van der Waals surface area contributed by atoms with E-state index in [1.807, 2.05) is 12.1 Å². The molecule has 2 aromatic rings. The van der Waals surface area contributed by atoms with Crippen LogP contribution in [0.25, 0.3) is 11.3 Å². The molecular weight excluding hydrogens is 216 g/mol. The number of anilines is 1. The standard InChI is InChI=1S/C12H12N4O/c17-12-9-2-1-5-14-11(9)10(15-16-12)8-3-6-13-7-4-8/h3-4,6-7,14H,1-2,5H2,(H,16,17). The summed E-state index contributed by atoms with van der Waals surface area (Å²) in [6.45, 7) is 0.885. The summed E-state index contributed by atoms with van der Waals surface area (Å²) in [5, 5.41) is 9.96. The summed E-state index contributed by atoms with van der Waals surface area (Å²) in [4.78, 5) is 15.7. The van der Waals surface area contributed by atoms with Crippen LogP contribution < -0.4 is 10.9 Å². The topological polar surface area (TPSA) is 70.7 Å². The van der Waals surface area contributed by atoms with Crippen LogP contribution in [0.15, 0.2) is 29.3 Å². The second-order valence-electron chi connectivity index (χ2n) is 4.02. The van der Waals surface area contributed by atoms with Gasteiger partial charge in [0.1, 0.15) is 5.69 Å². The Morgan fingerprint density at radius 2 is 2.06 bits per heavy atom. The maximum atomic E-state index is 11.7. The third kappa shape index (κ3) is 1.69. The minimum Gasteiger partial charge on any atom is -0.383 e. The molecule has 3 heterocycles. The van der Waals surface area contributed by atoms with E-state index < -0.39 is 0 Å². The third-order valence-corrected chi connectivity index (χ3v) is 2.94. The molecule has 0 saturated carbocycles. The summed E-state index contributed by atoms with van der Waals surface area (Å²) in [6, 6.07) is 3.77. The average molecular weight is 228 g/mol. The molecule has 0 bridgehead atoms. The zero-order valence-electron chi connectivity index (χ0n) is 9.23. The van der Waals surface area contributed by atoms with E-state index >= 15 is 0 Å². The number of fused-ring (bicyclic) bond motifs is 1. The monoisotopic (exact) mass is 228 g/mol. The molecule has 0 fully saturated rings. The van der Waals surface area contributed by atoms with Crippen molar-refractivity contribution in [2.24, 2.45) is 0 Å². The first kappa shape index (κ1) is 10.0. The summed E-state index contributed by atoms with van der Waals surface area (Å²) in [5.41, 5.74) is 3.33. The molecule has 5 heteroatoms. The average Bonchev–Trinajstić information content (AvgIpc) is 2.41. The highest BCUT2D eigenvalue weighted by atomic mass is 16.1. The number of H-pyrrole nitrogens is 1. The van der Waals surface area contributed by atoms with E-state index in [2.05, 4.69) is 20.5 Å². The second kappa shape index (κ2) is 4.01. The van der Waals surface area contributed by atoms with Gasteiger partial charge >= 0.3 is 0 Å². The molecule has 2 N–H and O–H groups in total. The van der Waals surface area contributed by atoms with E-state index in [1.165, 1.54) is 0 Å². The molecule has 1 aliphatic rings. The number of hydrogen-bond acceptors (Lipinski definition) is 4. The highest BCUT2D eigenvalue weighted by Crippen LogP contribution is 2.28. The van der Waals surface area contributed by atoms with Crippen molar-refractivity contribution >= 4 is 5.69 Å². The van der Waals surface area contributed by atoms with Crippen LogP contribution in [0.2, 0.25) is 0 Å². The van der Waals surface area contributed by atoms with Crippen molar-refractivity contribution < 1.29 is 0 Å². The Bertz CT molecular complexity index is 591. The zero-order chi connectivity index (χ0) is 11.7. The predicted octanol–water partition coefficient (Wildman–Crippen LogP) is 1.19. The molecule has 2 aromatic heterocycles. The third-order valence-electron chi connectivity index (χ3n) is 2.94. The molecule has 17 heavy (non-hydrogen) atoms. The smallest absolute Gasteiger partial charge is 0.269 e. The number of rotatable bonds is 1. The van der Waals surface area contributed by atoms with Gasteiger partial charge in [-0.15, -0.1) is 0 Å². The lowest BCUT2D eigenvalue weighted by atomic mass is 10.0. The lowest BCUT2D eigenvalue weighted by Gasteiger charge is -2.19. The Morgan fingerprint density at radius 3 is 2.88 bits per heavy atom. The van der Waals surface area contributed by atoms with Gasteiger partial charge in [-0.05, 0) is 25.0 Å². The van der Waals surface area contributed by atoms with Crippen molar-refractivity contribution in [3.63, 3.8) is 0 Å². The van der Waals surface area contributed by atoms with Crippen molar-refractivity contribution in [1.29, 1.82) is 0 Å². The summed E-state index contributed by atoms with van der Waals surface area (Å²) in [6.07, 6.45) is 5.23. The van der Waals surface area contributed by atoms with Gasteiger partial charge in [-0.25, -0.2) is 5.10 Å². The number of hydrogen-bond donors (Lipinski definition) is 2. The highest BCUT2D eigenvalue weighted by Gasteiger charge is 2.18. The van der Waals surface area contributed by atoms with Gasteiger partial charge in [-0.2, -0.15) is 5.10 Å². The summed E-state index contributed by atoms with van der Waals surface area (Å²) in [7, 11) is 0. The maximum absolute atomic E-state index is 11.7. The van der Waals surface area contributed by atoms with Crippen LogP contribution in [-0.4, -0.2) is 21.7 Å². The molecule has 0 amide bonds. The maximum Gasteiger partial charge on any atom is 0.269 e. The Kier molecular flexibility index (Phi) is 2.36. The lowest BCUT2D eigenvalue weighted by Crippen LogP contribution is -2.24. The molecule has 0 atom stereocenters. The van der Waals surface area contributed by atoms with Crippen molar-refractivity contribution in [3.8, 4) is 11.3 Å². The zero-order valence-corrected chi connectivity index (χ0v) is 9.23. The fourth-order valence-corrected chi connectivity index (χ4v) is 2.11. The van der Waals surface area contributed by atoms with E-state index in [-0.39, 0.29) is 5.56 Å². The van der Waals surface area contributed by atoms with Crippen LogP contribution in [0.4, 0.5) is 5.69 Å². The molecule has 0 aliphatic carbocycles. The number of aromatic amines is 1. The van der Waals surface area contributed by atoms with Crippen LogP contribution in [0.3, 0.4) is 0 Å². The Labute approximate surface area is 97.9 Å². The largest absolute Gasteiger partial charge is 0.383 e. The van der Waals surface area contributed by atoms with Crippen LogP contribution in [0.5, 0.6) is 0 Å². The van der Waals surface area contributed by atoms with Crippen LogP contribution in [-0.2, 0) is 6.42 Å². The van der Waals surface area contributed by atoms with Gasteiger partial charge in [0.25, 0.3) is 5.56 Å². The van der Waals surface area contributed by atoms with Crippen molar-refractivity contribution in [2.45, 2.75) is 12.8 Å². The van der Waals surface area contributed by atoms with Gasteiger partial charge < -0.3 is 5.32 Å². The van der Waals surface area contributed by atoms with Gasteiger partial charge in [0, 0.05) is 30.1 Å². The molecule has 0 unspecified atom stereocenters.